The molecule has 0 amide bonds. The molecule has 0 spiro atoms. The Labute approximate surface area is 106 Å². The van der Waals surface area contributed by atoms with Crippen molar-refractivity contribution in [3.63, 3.8) is 0 Å². The Morgan fingerprint density at radius 1 is 1.44 bits per heavy atom. The van der Waals surface area contributed by atoms with E-state index in [-0.39, 0.29) is 12.1 Å². The smallest absolute Gasteiger partial charge is 0.339 e. The Balaban J connectivity index is 2.60. The quantitative estimate of drug-likeness (QED) is 0.607. The molecule has 0 aromatic heterocycles. The van der Waals surface area contributed by atoms with Crippen LogP contribution in [0.4, 0.5) is 0 Å². The average Bonchev–Trinajstić information content (AvgIpc) is 2.66. The van der Waals surface area contributed by atoms with Crippen LogP contribution in [0.3, 0.4) is 0 Å². The van der Waals surface area contributed by atoms with Crippen LogP contribution in [0, 0.1) is 0 Å². The molecule has 2 rings (SSSR count). The fraction of sp³-hybridized carbons (Fsp3) is 0.357. The number of carbonyl (C=O) groups excluding carboxylic acids is 1. The molecule has 4 heteroatoms. The van der Waals surface area contributed by atoms with Gasteiger partial charge in [-0.15, -0.1) is 0 Å². The van der Waals surface area contributed by atoms with Crippen molar-refractivity contribution in [2.45, 2.75) is 26.1 Å². The van der Waals surface area contributed by atoms with Gasteiger partial charge in [-0.3, -0.25) is 0 Å². The van der Waals surface area contributed by atoms with Gasteiger partial charge in [-0.1, -0.05) is 6.58 Å². The van der Waals surface area contributed by atoms with Crippen molar-refractivity contribution in [3.8, 4) is 11.5 Å². The topological polar surface area (TPSA) is 44.8 Å². The Bertz CT molecular complexity index is 491. The van der Waals surface area contributed by atoms with Crippen molar-refractivity contribution in [2.24, 2.45) is 0 Å². The van der Waals surface area contributed by atoms with Crippen LogP contribution in [0.25, 0.3) is 0 Å². The summed E-state index contributed by atoms with van der Waals surface area (Å²) < 4.78 is 16.2. The lowest BCUT2D eigenvalue weighted by Gasteiger charge is -2.17. The number of fused-ring (bicyclic) bond motifs is 1. The first-order valence-corrected chi connectivity index (χ1v) is 5.79. The summed E-state index contributed by atoms with van der Waals surface area (Å²) in [6.07, 6.45) is 1.08. The molecule has 1 aromatic carbocycles. The molecule has 96 valence electrons. The monoisotopic (exact) mass is 248 g/mol. The van der Waals surface area contributed by atoms with Crippen LogP contribution < -0.4 is 9.47 Å². The van der Waals surface area contributed by atoms with Crippen LogP contribution in [0.5, 0.6) is 11.5 Å². The maximum atomic E-state index is 11.7. The number of esters is 1. The zero-order chi connectivity index (χ0) is 13.3. The fourth-order valence-electron chi connectivity index (χ4n) is 1.96. The van der Waals surface area contributed by atoms with Gasteiger partial charge in [0.25, 0.3) is 0 Å². The lowest BCUT2D eigenvalue weighted by atomic mass is 10.0. The summed E-state index contributed by atoms with van der Waals surface area (Å²) in [7, 11) is 1.56. The maximum absolute atomic E-state index is 11.7. The predicted octanol–water partition coefficient (Wildman–Crippen LogP) is 2.88. The van der Waals surface area contributed by atoms with E-state index in [0.717, 1.165) is 0 Å². The third-order valence-electron chi connectivity index (χ3n) is 2.69. The number of cyclic esters (lactones) is 1. The number of ether oxygens (including phenoxy) is 3. The molecule has 1 aliphatic heterocycles. The standard InChI is InChI=1S/C14H16O4/c1-5-10-12-9(14(15)18-10)6-7-11(16-4)13(12)17-8(2)3/h5-8,10H,1H2,2-4H3/t10-/m1/s1. The van der Waals surface area contributed by atoms with Gasteiger partial charge >= 0.3 is 5.97 Å². The SMILES string of the molecule is C=C[C@H]1OC(=O)c2ccc(OC)c(OC(C)C)c21. The van der Waals surface area contributed by atoms with Crippen LogP contribution in [0.2, 0.25) is 0 Å². The second-order valence-corrected chi connectivity index (χ2v) is 4.29. The molecule has 0 fully saturated rings. The third-order valence-corrected chi connectivity index (χ3v) is 2.69. The molecule has 0 unspecified atom stereocenters. The zero-order valence-corrected chi connectivity index (χ0v) is 10.7. The van der Waals surface area contributed by atoms with Crippen molar-refractivity contribution in [3.05, 3.63) is 35.9 Å². The lowest BCUT2D eigenvalue weighted by molar-refractivity contribution is 0.0465. The maximum Gasteiger partial charge on any atom is 0.339 e. The van der Waals surface area contributed by atoms with Gasteiger partial charge in [0.1, 0.15) is 6.10 Å². The number of benzene rings is 1. The Morgan fingerprint density at radius 3 is 2.72 bits per heavy atom. The first-order chi connectivity index (χ1) is 8.58. The van der Waals surface area contributed by atoms with Gasteiger partial charge < -0.3 is 14.2 Å². The minimum atomic E-state index is -0.476. The van der Waals surface area contributed by atoms with Gasteiger partial charge in [0.2, 0.25) is 0 Å². The Morgan fingerprint density at radius 2 is 2.17 bits per heavy atom. The third kappa shape index (κ3) is 1.94. The van der Waals surface area contributed by atoms with E-state index >= 15 is 0 Å². The van der Waals surface area contributed by atoms with Gasteiger partial charge in [-0.05, 0) is 32.1 Å². The molecule has 0 radical (unpaired) electrons. The van der Waals surface area contributed by atoms with E-state index in [1.165, 1.54) is 0 Å². The molecule has 0 saturated heterocycles. The fourth-order valence-corrected chi connectivity index (χ4v) is 1.96. The van der Waals surface area contributed by atoms with Crippen molar-refractivity contribution < 1.29 is 19.0 Å². The first-order valence-electron chi connectivity index (χ1n) is 5.79. The molecule has 4 nitrogen and oxygen atoms in total. The summed E-state index contributed by atoms with van der Waals surface area (Å²) in [5, 5.41) is 0. The molecule has 0 N–H and O–H groups in total. The van der Waals surface area contributed by atoms with Crippen LogP contribution in [-0.2, 0) is 4.74 Å². The molecule has 0 saturated carbocycles. The highest BCUT2D eigenvalue weighted by Crippen LogP contribution is 2.43. The second-order valence-electron chi connectivity index (χ2n) is 4.29. The minimum Gasteiger partial charge on any atom is -0.493 e. The summed E-state index contributed by atoms with van der Waals surface area (Å²) in [6.45, 7) is 7.51. The molecule has 0 aliphatic carbocycles. The van der Waals surface area contributed by atoms with Gasteiger partial charge in [-0.25, -0.2) is 4.79 Å². The highest BCUT2D eigenvalue weighted by molar-refractivity contribution is 5.95. The summed E-state index contributed by atoms with van der Waals surface area (Å²) >= 11 is 0. The number of hydrogen-bond acceptors (Lipinski definition) is 4. The number of carbonyl (C=O) groups is 1. The minimum absolute atomic E-state index is 0.0217. The Hall–Kier alpha value is -1.97. The summed E-state index contributed by atoms with van der Waals surface area (Å²) in [5.41, 5.74) is 1.21. The van der Waals surface area contributed by atoms with Crippen LogP contribution in [-0.4, -0.2) is 19.2 Å². The van der Waals surface area contributed by atoms with Gasteiger partial charge in [0, 0.05) is 0 Å². The van der Waals surface area contributed by atoms with E-state index in [9.17, 15) is 4.79 Å². The zero-order valence-electron chi connectivity index (χ0n) is 10.7. The number of methoxy groups -OCH3 is 1. The van der Waals surface area contributed by atoms with E-state index < -0.39 is 6.10 Å². The van der Waals surface area contributed by atoms with Crippen LogP contribution in [0.15, 0.2) is 24.8 Å². The Kier molecular flexibility index (Phi) is 3.28. The molecule has 0 bridgehead atoms. The molecular formula is C14H16O4. The van der Waals surface area contributed by atoms with Gasteiger partial charge in [0.15, 0.2) is 11.5 Å². The normalized spacial score (nSPS) is 17.3. The summed E-state index contributed by atoms with van der Waals surface area (Å²) in [6, 6.07) is 3.40. The van der Waals surface area contributed by atoms with Crippen LogP contribution in [0.1, 0.15) is 35.9 Å². The van der Waals surface area contributed by atoms with Gasteiger partial charge in [-0.2, -0.15) is 0 Å². The molecule has 1 aliphatic rings. The van der Waals surface area contributed by atoms with Crippen molar-refractivity contribution >= 4 is 5.97 Å². The molecule has 1 aromatic rings. The predicted molar refractivity (Wildman–Crippen MR) is 67.1 cm³/mol. The lowest BCUT2D eigenvalue weighted by Crippen LogP contribution is -2.09. The van der Waals surface area contributed by atoms with Crippen LogP contribution >= 0.6 is 0 Å². The van der Waals surface area contributed by atoms with E-state index in [1.54, 1.807) is 25.3 Å². The molecule has 1 atom stereocenters. The van der Waals surface area contributed by atoms with Gasteiger partial charge in [0.05, 0.1) is 24.3 Å². The largest absolute Gasteiger partial charge is 0.493 e. The summed E-state index contributed by atoms with van der Waals surface area (Å²) in [4.78, 5) is 11.7. The average molecular weight is 248 g/mol. The molecular weight excluding hydrogens is 232 g/mol. The molecule has 18 heavy (non-hydrogen) atoms. The van der Waals surface area contributed by atoms with E-state index in [1.807, 2.05) is 13.8 Å². The summed E-state index contributed by atoms with van der Waals surface area (Å²) in [5.74, 6) is 0.791. The van der Waals surface area contributed by atoms with Crippen molar-refractivity contribution in [2.75, 3.05) is 7.11 Å². The number of rotatable bonds is 4. The highest BCUT2D eigenvalue weighted by Gasteiger charge is 2.34. The van der Waals surface area contributed by atoms with Crippen molar-refractivity contribution in [1.29, 1.82) is 0 Å². The number of hydrogen-bond donors (Lipinski definition) is 0. The van der Waals surface area contributed by atoms with E-state index in [4.69, 9.17) is 14.2 Å². The second kappa shape index (κ2) is 4.72. The van der Waals surface area contributed by atoms with Crippen molar-refractivity contribution in [1.82, 2.24) is 0 Å². The highest BCUT2D eigenvalue weighted by atomic mass is 16.6. The molecule has 1 heterocycles. The first kappa shape index (κ1) is 12.5. The van der Waals surface area contributed by atoms with E-state index in [0.29, 0.717) is 22.6 Å². The van der Waals surface area contributed by atoms with E-state index in [2.05, 4.69) is 6.58 Å².